The highest BCUT2D eigenvalue weighted by molar-refractivity contribution is 5.79. The summed E-state index contributed by atoms with van der Waals surface area (Å²) in [5.74, 6) is 1.78. The van der Waals surface area contributed by atoms with Crippen LogP contribution in [0.4, 0.5) is 0 Å². The molecule has 1 heterocycles. The number of esters is 1. The fourth-order valence-electron chi connectivity index (χ4n) is 2.52. The van der Waals surface area contributed by atoms with Crippen LogP contribution in [-0.2, 0) is 16.1 Å². The van der Waals surface area contributed by atoms with Crippen LogP contribution < -0.4 is 10.6 Å². The summed E-state index contributed by atoms with van der Waals surface area (Å²) in [6.07, 6.45) is 4.47. The molecule has 0 aliphatic rings. The van der Waals surface area contributed by atoms with E-state index >= 15 is 0 Å². The number of hydrogen-bond acceptors (Lipinski definition) is 5. The first kappa shape index (κ1) is 24.0. The van der Waals surface area contributed by atoms with Gasteiger partial charge in [0.15, 0.2) is 11.7 Å². The number of aliphatic imine (C=N–C) groups is 1. The number of nitrogens with one attached hydrogen (secondary N) is 2. The molecule has 0 fully saturated rings. The van der Waals surface area contributed by atoms with Gasteiger partial charge in [0, 0.05) is 25.6 Å². The van der Waals surface area contributed by atoms with Gasteiger partial charge in [-0.1, -0.05) is 31.8 Å². The monoisotopic (exact) mass is 394 g/mol. The van der Waals surface area contributed by atoms with Crippen molar-refractivity contribution in [3.05, 3.63) is 17.5 Å². The maximum absolute atomic E-state index is 11.7. The van der Waals surface area contributed by atoms with Gasteiger partial charge in [0.25, 0.3) is 0 Å². The number of carbonyl (C=O) groups is 1. The highest BCUT2D eigenvalue weighted by atomic mass is 16.6. The molecule has 160 valence electrons. The van der Waals surface area contributed by atoms with E-state index in [1.807, 2.05) is 33.8 Å². The summed E-state index contributed by atoms with van der Waals surface area (Å²) in [6.45, 7) is 14.0. The average Bonchev–Trinajstić information content (AvgIpc) is 3.06. The molecule has 0 aliphatic carbocycles. The van der Waals surface area contributed by atoms with Gasteiger partial charge in [-0.3, -0.25) is 4.79 Å². The maximum atomic E-state index is 11.7. The zero-order valence-electron chi connectivity index (χ0n) is 18.4. The van der Waals surface area contributed by atoms with Crippen LogP contribution in [0.25, 0.3) is 0 Å². The zero-order chi connectivity index (χ0) is 21.0. The van der Waals surface area contributed by atoms with Gasteiger partial charge in [-0.05, 0) is 46.5 Å². The lowest BCUT2D eigenvalue weighted by Crippen LogP contribution is -2.37. The molecule has 0 radical (unpaired) electrons. The Morgan fingerprint density at radius 1 is 1.21 bits per heavy atom. The van der Waals surface area contributed by atoms with Crippen LogP contribution in [0.5, 0.6) is 0 Å². The van der Waals surface area contributed by atoms with Crippen LogP contribution in [0.3, 0.4) is 0 Å². The van der Waals surface area contributed by atoms with Crippen molar-refractivity contribution in [2.45, 2.75) is 91.7 Å². The van der Waals surface area contributed by atoms with Crippen molar-refractivity contribution in [1.82, 2.24) is 15.8 Å². The van der Waals surface area contributed by atoms with Gasteiger partial charge in [0.1, 0.15) is 12.1 Å². The van der Waals surface area contributed by atoms with E-state index in [9.17, 15) is 4.79 Å². The second-order valence-electron chi connectivity index (χ2n) is 8.25. The van der Waals surface area contributed by atoms with E-state index in [4.69, 9.17) is 9.26 Å². The van der Waals surface area contributed by atoms with Crippen LogP contribution in [-0.4, -0.2) is 35.8 Å². The van der Waals surface area contributed by atoms with Crippen molar-refractivity contribution in [3.63, 3.8) is 0 Å². The molecule has 7 heteroatoms. The molecule has 0 amide bonds. The number of aromatic nitrogens is 1. The van der Waals surface area contributed by atoms with Crippen molar-refractivity contribution >= 4 is 11.9 Å². The fraction of sp³-hybridized carbons (Fsp3) is 0.762. The maximum Gasteiger partial charge on any atom is 0.306 e. The van der Waals surface area contributed by atoms with Crippen LogP contribution in [0, 0.1) is 0 Å². The molecular formula is C21H38N4O3. The molecule has 0 saturated carbocycles. The van der Waals surface area contributed by atoms with Crippen molar-refractivity contribution in [1.29, 1.82) is 0 Å². The van der Waals surface area contributed by atoms with E-state index in [-0.39, 0.29) is 5.97 Å². The molecule has 0 aliphatic heterocycles. The fourth-order valence-corrected chi connectivity index (χ4v) is 2.52. The summed E-state index contributed by atoms with van der Waals surface area (Å²) in [4.78, 5) is 16.2. The van der Waals surface area contributed by atoms with Gasteiger partial charge >= 0.3 is 5.97 Å². The standard InChI is InChI=1S/C21H38N4O3/c1-7-22-20(24-15-17-14-18(16(2)3)25-28-17)23-13-11-9-8-10-12-19(26)27-21(4,5)6/h14,16H,7-13,15H2,1-6H3,(H2,22,23,24). The Kier molecular flexibility index (Phi) is 10.6. The molecule has 7 nitrogen and oxygen atoms in total. The van der Waals surface area contributed by atoms with Gasteiger partial charge < -0.3 is 19.9 Å². The van der Waals surface area contributed by atoms with Crippen LogP contribution >= 0.6 is 0 Å². The summed E-state index contributed by atoms with van der Waals surface area (Å²) < 4.78 is 10.6. The Balaban J connectivity index is 2.23. The quantitative estimate of drug-likeness (QED) is 0.254. The first-order valence-corrected chi connectivity index (χ1v) is 10.4. The highest BCUT2D eigenvalue weighted by Gasteiger charge is 2.15. The summed E-state index contributed by atoms with van der Waals surface area (Å²) in [7, 11) is 0. The number of guanidine groups is 1. The predicted molar refractivity (Wildman–Crippen MR) is 112 cm³/mol. The lowest BCUT2D eigenvalue weighted by Gasteiger charge is -2.19. The minimum atomic E-state index is -0.398. The van der Waals surface area contributed by atoms with E-state index in [0.717, 1.165) is 56.2 Å². The molecule has 0 saturated heterocycles. The largest absolute Gasteiger partial charge is 0.460 e. The number of ether oxygens (including phenoxy) is 1. The average molecular weight is 395 g/mol. The lowest BCUT2D eigenvalue weighted by molar-refractivity contribution is -0.154. The number of hydrogen-bond donors (Lipinski definition) is 2. The van der Waals surface area contributed by atoms with Crippen molar-refractivity contribution < 1.29 is 14.1 Å². The Morgan fingerprint density at radius 3 is 2.54 bits per heavy atom. The molecule has 0 unspecified atom stereocenters. The van der Waals surface area contributed by atoms with Crippen LogP contribution in [0.1, 0.15) is 91.0 Å². The number of carbonyl (C=O) groups excluding carboxylic acids is 1. The van der Waals surface area contributed by atoms with Crippen molar-refractivity contribution in [2.24, 2.45) is 4.99 Å². The lowest BCUT2D eigenvalue weighted by atomic mass is 10.1. The third-order valence-corrected chi connectivity index (χ3v) is 3.93. The summed E-state index contributed by atoms with van der Waals surface area (Å²) in [6, 6.07) is 1.96. The molecular weight excluding hydrogens is 356 g/mol. The third kappa shape index (κ3) is 10.9. The molecule has 1 aromatic heterocycles. The molecule has 28 heavy (non-hydrogen) atoms. The van der Waals surface area contributed by atoms with Gasteiger partial charge in [0.2, 0.25) is 0 Å². The van der Waals surface area contributed by atoms with Crippen molar-refractivity contribution in [3.8, 4) is 0 Å². The minimum absolute atomic E-state index is 0.111. The third-order valence-electron chi connectivity index (χ3n) is 3.93. The Morgan fingerprint density at radius 2 is 1.93 bits per heavy atom. The molecule has 0 aromatic carbocycles. The van der Waals surface area contributed by atoms with Crippen LogP contribution in [0.2, 0.25) is 0 Å². The molecule has 2 N–H and O–H groups in total. The van der Waals surface area contributed by atoms with Crippen LogP contribution in [0.15, 0.2) is 15.6 Å². The number of unbranched alkanes of at least 4 members (excludes halogenated alkanes) is 3. The normalized spacial score (nSPS) is 12.3. The first-order valence-electron chi connectivity index (χ1n) is 10.4. The Hall–Kier alpha value is -2.05. The number of rotatable bonds is 11. The van der Waals surface area contributed by atoms with E-state index < -0.39 is 5.60 Å². The molecule has 0 spiro atoms. The molecule has 0 atom stereocenters. The molecule has 1 aromatic rings. The van der Waals surface area contributed by atoms with Gasteiger partial charge in [-0.15, -0.1) is 0 Å². The predicted octanol–water partition coefficient (Wildman–Crippen LogP) is 4.15. The van der Waals surface area contributed by atoms with E-state index in [0.29, 0.717) is 18.9 Å². The minimum Gasteiger partial charge on any atom is -0.460 e. The molecule has 0 bridgehead atoms. The smallest absolute Gasteiger partial charge is 0.306 e. The number of nitrogens with zero attached hydrogens (tertiary/aromatic N) is 2. The van der Waals surface area contributed by atoms with E-state index in [1.165, 1.54) is 0 Å². The first-order chi connectivity index (χ1) is 13.2. The van der Waals surface area contributed by atoms with Gasteiger partial charge in [-0.2, -0.15) is 0 Å². The SMILES string of the molecule is CCNC(=NCc1cc(C(C)C)no1)NCCCCCCC(=O)OC(C)(C)C. The highest BCUT2D eigenvalue weighted by Crippen LogP contribution is 2.14. The van der Waals surface area contributed by atoms with Gasteiger partial charge in [0.05, 0.1) is 5.69 Å². The summed E-state index contributed by atoms with van der Waals surface area (Å²) in [5, 5.41) is 10.6. The second-order valence-corrected chi connectivity index (χ2v) is 8.25. The topological polar surface area (TPSA) is 88.8 Å². The van der Waals surface area contributed by atoms with Crippen molar-refractivity contribution in [2.75, 3.05) is 13.1 Å². The summed E-state index contributed by atoms with van der Waals surface area (Å²) in [5.41, 5.74) is 0.556. The van der Waals surface area contributed by atoms with Gasteiger partial charge in [-0.25, -0.2) is 4.99 Å². The van der Waals surface area contributed by atoms with E-state index in [2.05, 4.69) is 34.6 Å². The second kappa shape index (κ2) is 12.4. The zero-order valence-corrected chi connectivity index (χ0v) is 18.4. The summed E-state index contributed by atoms with van der Waals surface area (Å²) >= 11 is 0. The van der Waals surface area contributed by atoms with E-state index in [1.54, 1.807) is 0 Å². The molecule has 1 rings (SSSR count). The Labute approximate surface area is 169 Å². The Bertz CT molecular complexity index is 603.